The van der Waals surface area contributed by atoms with Gasteiger partial charge in [-0.25, -0.2) is 0 Å². The minimum absolute atomic E-state index is 0.0243. The van der Waals surface area contributed by atoms with Gasteiger partial charge in [-0.05, 0) is 44.9 Å². The van der Waals surface area contributed by atoms with Gasteiger partial charge >= 0.3 is 0 Å². The Bertz CT molecular complexity index is 407. The van der Waals surface area contributed by atoms with Crippen molar-refractivity contribution in [3.63, 3.8) is 0 Å². The van der Waals surface area contributed by atoms with Crippen LogP contribution >= 0.6 is 0 Å². The van der Waals surface area contributed by atoms with Crippen LogP contribution in [0.5, 0.6) is 5.75 Å². The first-order valence-electron chi connectivity index (χ1n) is 6.61. The van der Waals surface area contributed by atoms with Crippen molar-refractivity contribution >= 4 is 5.91 Å². The second-order valence-electron chi connectivity index (χ2n) is 5.67. The molecule has 0 bridgehead atoms. The Balaban J connectivity index is 2.48. The van der Waals surface area contributed by atoms with Crippen LogP contribution in [0.3, 0.4) is 0 Å². The maximum Gasteiger partial charge on any atom is 0.258 e. The molecule has 0 aliphatic heterocycles. The summed E-state index contributed by atoms with van der Waals surface area (Å²) >= 11 is 0. The Morgan fingerprint density at radius 3 is 2.37 bits per heavy atom. The molecule has 0 saturated carbocycles. The molecule has 0 aliphatic carbocycles. The Morgan fingerprint density at radius 2 is 1.89 bits per heavy atom. The molecular formula is C15H24N2O2. The molecule has 19 heavy (non-hydrogen) atoms. The van der Waals surface area contributed by atoms with Crippen LogP contribution in [0, 0.1) is 0 Å². The number of benzene rings is 1. The van der Waals surface area contributed by atoms with Crippen molar-refractivity contribution in [1.82, 2.24) is 5.32 Å². The van der Waals surface area contributed by atoms with E-state index in [1.165, 1.54) is 0 Å². The van der Waals surface area contributed by atoms with Gasteiger partial charge in [0.15, 0.2) is 6.61 Å². The highest BCUT2D eigenvalue weighted by atomic mass is 16.5. The second-order valence-corrected chi connectivity index (χ2v) is 5.67. The molecular weight excluding hydrogens is 240 g/mol. The number of hydrogen-bond donors (Lipinski definition) is 2. The molecule has 1 aromatic carbocycles. The highest BCUT2D eigenvalue weighted by molar-refractivity contribution is 5.78. The Hall–Kier alpha value is -1.55. The molecule has 106 valence electrons. The Morgan fingerprint density at radius 1 is 1.32 bits per heavy atom. The lowest BCUT2D eigenvalue weighted by Crippen LogP contribution is -2.43. The number of amides is 1. The molecule has 3 N–H and O–H groups in total. The summed E-state index contributed by atoms with van der Waals surface area (Å²) in [6.07, 6.45) is 0.897. The molecule has 1 amide bonds. The highest BCUT2D eigenvalue weighted by Gasteiger charge is 2.13. The normalized spacial score (nSPS) is 12.9. The van der Waals surface area contributed by atoms with Crippen molar-refractivity contribution in [3.8, 4) is 5.75 Å². The number of carbonyl (C=O) groups excluding carboxylic acids is 1. The quantitative estimate of drug-likeness (QED) is 0.858. The van der Waals surface area contributed by atoms with E-state index >= 15 is 0 Å². The Kier molecular flexibility index (Phi) is 5.36. The van der Waals surface area contributed by atoms with Crippen LogP contribution in [0.25, 0.3) is 0 Å². The third kappa shape index (κ3) is 5.75. The number of ether oxygens (including phenoxy) is 1. The van der Waals surface area contributed by atoms with Gasteiger partial charge in [-0.2, -0.15) is 0 Å². The van der Waals surface area contributed by atoms with Crippen molar-refractivity contribution < 1.29 is 9.53 Å². The van der Waals surface area contributed by atoms with Crippen molar-refractivity contribution in [1.29, 1.82) is 0 Å². The van der Waals surface area contributed by atoms with Crippen LogP contribution in [0.1, 0.15) is 45.7 Å². The van der Waals surface area contributed by atoms with Crippen LogP contribution in [0.15, 0.2) is 24.3 Å². The molecule has 4 heteroatoms. The predicted octanol–water partition coefficient (Wildman–Crippen LogP) is 2.39. The molecule has 4 nitrogen and oxygen atoms in total. The number of nitrogens with two attached hydrogens (primary N) is 1. The third-order valence-corrected chi connectivity index (χ3v) is 2.63. The largest absolute Gasteiger partial charge is 0.484 e. The van der Waals surface area contributed by atoms with E-state index in [-0.39, 0.29) is 24.1 Å². The highest BCUT2D eigenvalue weighted by Crippen LogP contribution is 2.18. The van der Waals surface area contributed by atoms with Gasteiger partial charge in [-0.3, -0.25) is 4.79 Å². The fraction of sp³-hybridized carbons (Fsp3) is 0.533. The fourth-order valence-electron chi connectivity index (χ4n) is 1.65. The molecule has 0 aromatic heterocycles. The van der Waals surface area contributed by atoms with Gasteiger partial charge in [0.1, 0.15) is 5.75 Å². The van der Waals surface area contributed by atoms with E-state index < -0.39 is 0 Å². The second kappa shape index (κ2) is 6.57. The number of hydrogen-bond acceptors (Lipinski definition) is 3. The Labute approximate surface area is 115 Å². The van der Waals surface area contributed by atoms with Gasteiger partial charge in [-0.15, -0.1) is 0 Å². The van der Waals surface area contributed by atoms with Gasteiger partial charge in [0.2, 0.25) is 0 Å². The zero-order chi connectivity index (χ0) is 14.5. The number of carbonyl (C=O) groups is 1. The van der Waals surface area contributed by atoms with E-state index in [4.69, 9.17) is 10.5 Å². The molecule has 0 fully saturated rings. The zero-order valence-electron chi connectivity index (χ0n) is 12.2. The van der Waals surface area contributed by atoms with E-state index in [0.29, 0.717) is 5.75 Å². The minimum atomic E-state index is -0.238. The lowest BCUT2D eigenvalue weighted by Gasteiger charge is -2.20. The van der Waals surface area contributed by atoms with Crippen LogP contribution in [0.4, 0.5) is 0 Å². The number of rotatable bonds is 5. The van der Waals surface area contributed by atoms with Gasteiger partial charge in [0.05, 0.1) is 0 Å². The standard InChI is InChI=1S/C15H24N2O2/c1-5-13(16)11-6-8-12(9-7-11)19-10-14(18)17-15(2,3)4/h6-9,13H,5,10,16H2,1-4H3,(H,17,18). The van der Waals surface area contributed by atoms with E-state index in [1.54, 1.807) is 0 Å². The summed E-state index contributed by atoms with van der Waals surface area (Å²) in [6.45, 7) is 7.88. The van der Waals surface area contributed by atoms with E-state index in [2.05, 4.69) is 5.32 Å². The summed E-state index contributed by atoms with van der Waals surface area (Å²) in [5.41, 5.74) is 6.77. The molecule has 0 saturated heterocycles. The van der Waals surface area contributed by atoms with Gasteiger partial charge < -0.3 is 15.8 Å². The van der Waals surface area contributed by atoms with E-state index in [0.717, 1.165) is 12.0 Å². The first-order chi connectivity index (χ1) is 8.81. The lowest BCUT2D eigenvalue weighted by atomic mass is 10.1. The maximum absolute atomic E-state index is 11.6. The summed E-state index contributed by atoms with van der Waals surface area (Å²) < 4.78 is 5.43. The van der Waals surface area contributed by atoms with Crippen LogP contribution in [-0.2, 0) is 4.79 Å². The molecule has 1 rings (SSSR count). The first kappa shape index (κ1) is 15.5. The summed E-state index contributed by atoms with van der Waals surface area (Å²) in [6, 6.07) is 7.61. The van der Waals surface area contributed by atoms with Crippen molar-refractivity contribution in [2.75, 3.05) is 6.61 Å². The van der Waals surface area contributed by atoms with E-state index in [1.807, 2.05) is 52.0 Å². The van der Waals surface area contributed by atoms with Gasteiger partial charge in [-0.1, -0.05) is 19.1 Å². The summed E-state index contributed by atoms with van der Waals surface area (Å²) in [7, 11) is 0. The molecule has 0 heterocycles. The fourth-order valence-corrected chi connectivity index (χ4v) is 1.65. The van der Waals surface area contributed by atoms with E-state index in [9.17, 15) is 4.79 Å². The SMILES string of the molecule is CCC(N)c1ccc(OCC(=O)NC(C)(C)C)cc1. The zero-order valence-corrected chi connectivity index (χ0v) is 12.2. The smallest absolute Gasteiger partial charge is 0.258 e. The average molecular weight is 264 g/mol. The predicted molar refractivity (Wildman–Crippen MR) is 77.1 cm³/mol. The van der Waals surface area contributed by atoms with Crippen molar-refractivity contribution in [2.24, 2.45) is 5.73 Å². The molecule has 0 spiro atoms. The lowest BCUT2D eigenvalue weighted by molar-refractivity contribution is -0.124. The number of nitrogens with one attached hydrogen (secondary N) is 1. The topological polar surface area (TPSA) is 64.3 Å². The van der Waals surface area contributed by atoms with Crippen LogP contribution < -0.4 is 15.8 Å². The molecule has 1 aromatic rings. The van der Waals surface area contributed by atoms with Crippen LogP contribution in [-0.4, -0.2) is 18.1 Å². The minimum Gasteiger partial charge on any atom is -0.484 e. The van der Waals surface area contributed by atoms with Crippen molar-refractivity contribution in [3.05, 3.63) is 29.8 Å². The summed E-state index contributed by atoms with van der Waals surface area (Å²) in [4.78, 5) is 11.6. The molecule has 0 aliphatic rings. The average Bonchev–Trinajstić information content (AvgIpc) is 2.34. The molecule has 0 radical (unpaired) electrons. The first-order valence-corrected chi connectivity index (χ1v) is 6.61. The third-order valence-electron chi connectivity index (χ3n) is 2.63. The summed E-state index contributed by atoms with van der Waals surface area (Å²) in [5, 5.41) is 2.84. The molecule has 1 unspecified atom stereocenters. The molecule has 1 atom stereocenters. The maximum atomic E-state index is 11.6. The summed E-state index contributed by atoms with van der Waals surface area (Å²) in [5.74, 6) is 0.554. The van der Waals surface area contributed by atoms with Gasteiger partial charge in [0.25, 0.3) is 5.91 Å². The monoisotopic (exact) mass is 264 g/mol. The van der Waals surface area contributed by atoms with Crippen LogP contribution in [0.2, 0.25) is 0 Å². The van der Waals surface area contributed by atoms with Gasteiger partial charge in [0, 0.05) is 11.6 Å². The van der Waals surface area contributed by atoms with Crippen molar-refractivity contribution in [2.45, 2.75) is 45.7 Å².